The van der Waals surface area contributed by atoms with Crippen molar-refractivity contribution in [3.8, 4) is 0 Å². The van der Waals surface area contributed by atoms with E-state index in [1.54, 1.807) is 45.0 Å². The molecule has 1 aliphatic rings. The Balaban J connectivity index is 1.74. The van der Waals surface area contributed by atoms with Crippen LogP contribution in [0.3, 0.4) is 0 Å². The lowest BCUT2D eigenvalue weighted by Crippen LogP contribution is -2.33. The molecule has 0 radical (unpaired) electrons. The van der Waals surface area contributed by atoms with Gasteiger partial charge in [0.25, 0.3) is 5.91 Å². The van der Waals surface area contributed by atoms with E-state index in [9.17, 15) is 13.2 Å². The first kappa shape index (κ1) is 19.4. The van der Waals surface area contributed by atoms with Crippen LogP contribution < -0.4 is 10.0 Å². The fraction of sp³-hybridized carbons (Fsp3) is 0.381. The van der Waals surface area contributed by atoms with Gasteiger partial charge in [-0.15, -0.1) is 0 Å². The summed E-state index contributed by atoms with van der Waals surface area (Å²) >= 11 is 0. The predicted octanol–water partition coefficient (Wildman–Crippen LogP) is 4.28. The van der Waals surface area contributed by atoms with Gasteiger partial charge in [-0.2, -0.15) is 0 Å². The largest absolute Gasteiger partial charge is 0.322 e. The van der Waals surface area contributed by atoms with Gasteiger partial charge in [0.15, 0.2) is 0 Å². The number of sulfonamides is 1. The van der Waals surface area contributed by atoms with E-state index in [0.717, 1.165) is 24.1 Å². The third-order valence-electron chi connectivity index (χ3n) is 5.02. The van der Waals surface area contributed by atoms with Crippen LogP contribution in [0.4, 0.5) is 11.4 Å². The summed E-state index contributed by atoms with van der Waals surface area (Å²) in [6, 6.07) is 10.5. The van der Waals surface area contributed by atoms with Crippen LogP contribution in [0.25, 0.3) is 0 Å². The van der Waals surface area contributed by atoms with E-state index >= 15 is 0 Å². The van der Waals surface area contributed by atoms with Crippen LogP contribution in [-0.4, -0.2) is 19.1 Å². The van der Waals surface area contributed by atoms with Crippen molar-refractivity contribution in [3.05, 3.63) is 58.7 Å². The number of carbonyl (C=O) groups is 1. The number of benzene rings is 2. The van der Waals surface area contributed by atoms with Crippen LogP contribution in [0, 0.1) is 6.92 Å². The molecule has 2 N–H and O–H groups in total. The highest BCUT2D eigenvalue weighted by Crippen LogP contribution is 2.30. The minimum atomic E-state index is -3.49. The molecule has 0 aromatic heterocycles. The minimum absolute atomic E-state index is 0.207. The zero-order valence-corrected chi connectivity index (χ0v) is 17.0. The van der Waals surface area contributed by atoms with Gasteiger partial charge >= 0.3 is 0 Å². The second kappa shape index (κ2) is 7.00. The Bertz CT molecular complexity index is 972. The summed E-state index contributed by atoms with van der Waals surface area (Å²) in [7, 11) is -3.49. The lowest BCUT2D eigenvalue weighted by molar-refractivity contribution is 0.102. The second-order valence-electron chi connectivity index (χ2n) is 7.98. The van der Waals surface area contributed by atoms with E-state index in [4.69, 9.17) is 0 Å². The molecule has 0 saturated carbocycles. The van der Waals surface area contributed by atoms with E-state index in [1.807, 2.05) is 13.0 Å². The highest BCUT2D eigenvalue weighted by atomic mass is 32.2. The van der Waals surface area contributed by atoms with Crippen molar-refractivity contribution in [1.82, 2.24) is 0 Å². The molecule has 2 aromatic carbocycles. The second-order valence-corrected chi connectivity index (χ2v) is 10.4. The summed E-state index contributed by atoms with van der Waals surface area (Å²) < 4.78 is 26.1. The first-order valence-corrected chi connectivity index (χ1v) is 10.6. The summed E-state index contributed by atoms with van der Waals surface area (Å²) in [6.45, 7) is 6.95. The molecule has 5 nitrogen and oxygen atoms in total. The van der Waals surface area contributed by atoms with Crippen molar-refractivity contribution in [1.29, 1.82) is 0 Å². The molecule has 0 heterocycles. The molecule has 0 unspecified atom stereocenters. The molecule has 3 rings (SSSR count). The van der Waals surface area contributed by atoms with Crippen LogP contribution in [-0.2, 0) is 22.9 Å². The lowest BCUT2D eigenvalue weighted by Gasteiger charge is -2.20. The average molecular weight is 387 g/mol. The number of fused-ring (bicyclic) bond motifs is 1. The zero-order valence-electron chi connectivity index (χ0n) is 16.2. The standard InChI is InChI=1S/C21H26N2O3S/c1-14-18-7-5-6-15(18)10-13-19(14)22-20(24)16-8-11-17(12-9-16)23-27(25,26)21(2,3)4/h8-13,23H,5-7H2,1-4H3,(H,22,24). The zero-order chi connectivity index (χ0) is 19.8. The van der Waals surface area contributed by atoms with E-state index in [-0.39, 0.29) is 5.91 Å². The van der Waals surface area contributed by atoms with Gasteiger partial charge in [0.1, 0.15) is 0 Å². The fourth-order valence-electron chi connectivity index (χ4n) is 3.18. The molecule has 1 amide bonds. The van der Waals surface area contributed by atoms with E-state index in [0.29, 0.717) is 11.3 Å². The number of nitrogens with one attached hydrogen (secondary N) is 2. The Morgan fingerprint density at radius 3 is 2.30 bits per heavy atom. The average Bonchev–Trinajstić information content (AvgIpc) is 3.06. The minimum Gasteiger partial charge on any atom is -0.322 e. The van der Waals surface area contributed by atoms with E-state index in [2.05, 4.69) is 16.1 Å². The van der Waals surface area contributed by atoms with Crippen molar-refractivity contribution in [2.24, 2.45) is 0 Å². The number of anilines is 2. The smallest absolute Gasteiger partial charge is 0.255 e. The summed E-state index contributed by atoms with van der Waals surface area (Å²) in [6.07, 6.45) is 3.34. The maximum absolute atomic E-state index is 12.6. The quantitative estimate of drug-likeness (QED) is 0.824. The van der Waals surface area contributed by atoms with Crippen LogP contribution in [0.2, 0.25) is 0 Å². The molecule has 0 saturated heterocycles. The van der Waals surface area contributed by atoms with Gasteiger partial charge < -0.3 is 5.32 Å². The number of aryl methyl sites for hydroxylation is 1. The maximum atomic E-state index is 12.6. The highest BCUT2D eigenvalue weighted by molar-refractivity contribution is 7.94. The molecule has 0 aliphatic heterocycles. The van der Waals surface area contributed by atoms with Gasteiger partial charge in [0.2, 0.25) is 10.0 Å². The number of hydrogen-bond acceptors (Lipinski definition) is 3. The molecular weight excluding hydrogens is 360 g/mol. The van der Waals surface area contributed by atoms with Crippen molar-refractivity contribution < 1.29 is 13.2 Å². The number of amides is 1. The van der Waals surface area contributed by atoms with Gasteiger partial charge in [0, 0.05) is 16.9 Å². The number of rotatable bonds is 4. The Hall–Kier alpha value is -2.34. The number of carbonyl (C=O) groups excluding carboxylic acids is 1. The van der Waals surface area contributed by atoms with E-state index < -0.39 is 14.8 Å². The molecule has 144 valence electrons. The first-order chi connectivity index (χ1) is 12.6. The topological polar surface area (TPSA) is 75.3 Å². The van der Waals surface area contributed by atoms with Gasteiger partial charge in [-0.05, 0) is 94.0 Å². The number of hydrogen-bond donors (Lipinski definition) is 2. The third-order valence-corrected chi connectivity index (χ3v) is 7.14. The Morgan fingerprint density at radius 2 is 1.67 bits per heavy atom. The predicted molar refractivity (Wildman–Crippen MR) is 110 cm³/mol. The Kier molecular flexibility index (Phi) is 5.04. The molecule has 2 aromatic rings. The van der Waals surface area contributed by atoms with Crippen LogP contribution in [0.5, 0.6) is 0 Å². The Labute approximate surface area is 161 Å². The summed E-state index contributed by atoms with van der Waals surface area (Å²) in [5.74, 6) is -0.207. The van der Waals surface area contributed by atoms with Gasteiger partial charge in [-0.3, -0.25) is 9.52 Å². The molecule has 6 heteroatoms. The van der Waals surface area contributed by atoms with Crippen molar-refractivity contribution in [3.63, 3.8) is 0 Å². The molecule has 0 fully saturated rings. The van der Waals surface area contributed by atoms with Gasteiger partial charge in [0.05, 0.1) is 4.75 Å². The van der Waals surface area contributed by atoms with Crippen molar-refractivity contribution >= 4 is 27.3 Å². The van der Waals surface area contributed by atoms with E-state index in [1.165, 1.54) is 17.5 Å². The maximum Gasteiger partial charge on any atom is 0.255 e. The normalized spacial score (nSPS) is 13.9. The van der Waals surface area contributed by atoms with Gasteiger partial charge in [-0.1, -0.05) is 6.07 Å². The van der Waals surface area contributed by atoms with Crippen LogP contribution in [0.15, 0.2) is 36.4 Å². The van der Waals surface area contributed by atoms with Crippen molar-refractivity contribution in [2.75, 3.05) is 10.0 Å². The van der Waals surface area contributed by atoms with Crippen LogP contribution >= 0.6 is 0 Å². The SMILES string of the molecule is Cc1c(NC(=O)c2ccc(NS(=O)(=O)C(C)(C)C)cc2)ccc2c1CCC2. The van der Waals surface area contributed by atoms with Crippen LogP contribution in [0.1, 0.15) is 54.2 Å². The third kappa shape index (κ3) is 4.00. The summed E-state index contributed by atoms with van der Waals surface area (Å²) in [5.41, 5.74) is 5.61. The molecule has 0 spiro atoms. The first-order valence-electron chi connectivity index (χ1n) is 9.13. The summed E-state index contributed by atoms with van der Waals surface area (Å²) in [4.78, 5) is 12.6. The monoisotopic (exact) mass is 386 g/mol. The van der Waals surface area contributed by atoms with Gasteiger partial charge in [-0.25, -0.2) is 8.42 Å². The molecule has 0 bridgehead atoms. The molecule has 0 atom stereocenters. The Morgan fingerprint density at radius 1 is 1.00 bits per heavy atom. The molecular formula is C21H26N2O3S. The summed E-state index contributed by atoms with van der Waals surface area (Å²) in [5, 5.41) is 2.97. The van der Waals surface area contributed by atoms with Crippen molar-refractivity contribution in [2.45, 2.75) is 51.7 Å². The molecule has 1 aliphatic carbocycles. The fourth-order valence-corrected chi connectivity index (χ4v) is 3.93. The lowest BCUT2D eigenvalue weighted by atomic mass is 10.0. The molecule has 27 heavy (non-hydrogen) atoms. The highest BCUT2D eigenvalue weighted by Gasteiger charge is 2.28.